The Morgan fingerprint density at radius 2 is 1.85 bits per heavy atom. The molecule has 3 heterocycles. The molecule has 1 saturated heterocycles. The van der Waals surface area contributed by atoms with Crippen LogP contribution in [-0.2, 0) is 23.9 Å². The van der Waals surface area contributed by atoms with E-state index in [4.69, 9.17) is 23.9 Å². The second-order valence-electron chi connectivity index (χ2n) is 11.1. The molecule has 1 aromatic rings. The minimum atomic E-state index is -0.714. The van der Waals surface area contributed by atoms with Crippen molar-refractivity contribution < 1.29 is 33.3 Å². The summed E-state index contributed by atoms with van der Waals surface area (Å²) in [5.41, 5.74) is 1.69. The summed E-state index contributed by atoms with van der Waals surface area (Å²) in [6.07, 6.45) is 1.53. The SMILES string of the molecule is CCOC(=O)[C@@H]1CCCN(C(=O)CC2=CSC3=NC(C)=C(C(=O)OC(C)(C)C)[C@H](c4ccc(OC)c(OC)c4)N23)C1. The number of aliphatic imine (C=N–C) groups is 1. The first-order valence-electron chi connectivity index (χ1n) is 13.8. The molecule has 0 aromatic heterocycles. The van der Waals surface area contributed by atoms with Gasteiger partial charge in [-0.15, -0.1) is 0 Å². The molecule has 3 aliphatic rings. The van der Waals surface area contributed by atoms with Gasteiger partial charge in [-0.1, -0.05) is 17.8 Å². The molecule has 3 aliphatic heterocycles. The van der Waals surface area contributed by atoms with E-state index >= 15 is 0 Å². The van der Waals surface area contributed by atoms with Gasteiger partial charge in [0.25, 0.3) is 0 Å². The zero-order valence-electron chi connectivity index (χ0n) is 24.8. The molecular formula is C30H39N3O7S. The van der Waals surface area contributed by atoms with Gasteiger partial charge in [0.2, 0.25) is 5.91 Å². The fourth-order valence-electron chi connectivity index (χ4n) is 5.23. The van der Waals surface area contributed by atoms with Crippen LogP contribution in [-0.4, -0.2) is 72.3 Å². The number of thioether (sulfide) groups is 1. The number of nitrogens with zero attached hydrogens (tertiary/aromatic N) is 3. The number of esters is 2. The van der Waals surface area contributed by atoms with Crippen molar-refractivity contribution in [3.05, 3.63) is 46.1 Å². The predicted octanol–water partition coefficient (Wildman–Crippen LogP) is 4.81. The summed E-state index contributed by atoms with van der Waals surface area (Å²) in [4.78, 5) is 48.0. The monoisotopic (exact) mass is 585 g/mol. The van der Waals surface area contributed by atoms with Crippen LogP contribution in [0.2, 0.25) is 0 Å². The zero-order valence-corrected chi connectivity index (χ0v) is 25.6. The number of carbonyl (C=O) groups excluding carboxylic acids is 3. The van der Waals surface area contributed by atoms with E-state index in [1.165, 1.54) is 11.8 Å². The number of ether oxygens (including phenoxy) is 4. The maximum Gasteiger partial charge on any atom is 0.338 e. The molecule has 0 aliphatic carbocycles. The van der Waals surface area contributed by atoms with Crippen molar-refractivity contribution >= 4 is 34.8 Å². The van der Waals surface area contributed by atoms with Gasteiger partial charge in [-0.25, -0.2) is 9.79 Å². The number of likely N-dealkylation sites (tertiary alicyclic amines) is 1. The lowest BCUT2D eigenvalue weighted by Gasteiger charge is -2.38. The molecule has 2 atom stereocenters. The summed E-state index contributed by atoms with van der Waals surface area (Å²) in [7, 11) is 3.12. The van der Waals surface area contributed by atoms with Gasteiger partial charge in [-0.05, 0) is 70.6 Å². The average molecular weight is 586 g/mol. The van der Waals surface area contributed by atoms with Crippen LogP contribution in [0.3, 0.4) is 0 Å². The van der Waals surface area contributed by atoms with E-state index in [-0.39, 0.29) is 24.2 Å². The number of fused-ring (bicyclic) bond motifs is 1. The van der Waals surface area contributed by atoms with Gasteiger partial charge in [0.05, 0.1) is 50.5 Å². The van der Waals surface area contributed by atoms with Crippen LogP contribution in [0.5, 0.6) is 11.5 Å². The number of carbonyl (C=O) groups is 3. The van der Waals surface area contributed by atoms with Crippen LogP contribution in [0, 0.1) is 5.92 Å². The third-order valence-electron chi connectivity index (χ3n) is 7.07. The highest BCUT2D eigenvalue weighted by Gasteiger charge is 2.43. The van der Waals surface area contributed by atoms with E-state index in [1.54, 1.807) is 39.0 Å². The largest absolute Gasteiger partial charge is 0.493 e. The summed E-state index contributed by atoms with van der Waals surface area (Å²) in [6, 6.07) is 4.90. The molecule has 11 heteroatoms. The van der Waals surface area contributed by atoms with Crippen molar-refractivity contribution in [2.75, 3.05) is 33.9 Å². The molecule has 0 radical (unpaired) electrons. The first-order chi connectivity index (χ1) is 19.5. The molecule has 1 amide bonds. The first kappa shape index (κ1) is 30.5. The van der Waals surface area contributed by atoms with Crippen LogP contribution >= 0.6 is 11.8 Å². The van der Waals surface area contributed by atoms with Crippen LogP contribution in [0.25, 0.3) is 0 Å². The smallest absolute Gasteiger partial charge is 0.338 e. The predicted molar refractivity (Wildman–Crippen MR) is 156 cm³/mol. The standard InChI is InChI=1S/C30H39N3O7S/c1-8-39-27(35)20-10-9-13-32(16-20)24(34)15-21-17-41-29-31-18(2)25(28(36)40-30(3,4)5)26(33(21)29)19-11-12-22(37-6)23(14-19)38-7/h11-12,14,17,20,26H,8-10,13,15-16H2,1-7H3/t20-,26+/m1/s1. The second kappa shape index (κ2) is 12.6. The average Bonchev–Trinajstić information content (AvgIpc) is 3.32. The Kier molecular flexibility index (Phi) is 9.36. The number of amides is 1. The molecule has 10 nitrogen and oxygen atoms in total. The highest BCUT2D eigenvalue weighted by molar-refractivity contribution is 8.16. The summed E-state index contributed by atoms with van der Waals surface area (Å²) < 4.78 is 22.0. The molecule has 4 rings (SSSR count). The van der Waals surface area contributed by atoms with Gasteiger partial charge in [-0.3, -0.25) is 9.59 Å². The fraction of sp³-hybridized carbons (Fsp3) is 0.533. The number of allylic oxidation sites excluding steroid dienone is 1. The normalized spacial score (nSPS) is 20.7. The number of piperidine rings is 1. The molecule has 41 heavy (non-hydrogen) atoms. The molecule has 0 unspecified atom stereocenters. The molecule has 0 N–H and O–H groups in total. The zero-order chi connectivity index (χ0) is 29.9. The van der Waals surface area contributed by atoms with Gasteiger partial charge < -0.3 is 28.7 Å². The van der Waals surface area contributed by atoms with E-state index in [0.717, 1.165) is 12.0 Å². The van der Waals surface area contributed by atoms with Crippen molar-refractivity contribution in [3.63, 3.8) is 0 Å². The number of hydrogen-bond donors (Lipinski definition) is 0. The lowest BCUT2D eigenvalue weighted by molar-refractivity contribution is -0.152. The summed E-state index contributed by atoms with van der Waals surface area (Å²) in [6.45, 7) is 10.3. The Morgan fingerprint density at radius 3 is 2.51 bits per heavy atom. The van der Waals surface area contributed by atoms with Crippen LogP contribution < -0.4 is 9.47 Å². The lowest BCUT2D eigenvalue weighted by atomic mass is 9.93. The highest BCUT2D eigenvalue weighted by atomic mass is 32.2. The molecule has 1 fully saturated rings. The quantitative estimate of drug-likeness (QED) is 0.397. The number of rotatable bonds is 8. The third kappa shape index (κ3) is 6.72. The van der Waals surface area contributed by atoms with E-state index in [2.05, 4.69) is 0 Å². The summed E-state index contributed by atoms with van der Waals surface area (Å²) in [5, 5.41) is 2.57. The summed E-state index contributed by atoms with van der Waals surface area (Å²) >= 11 is 1.41. The second-order valence-corrected chi connectivity index (χ2v) is 12.0. The fourth-order valence-corrected chi connectivity index (χ4v) is 6.19. The number of hydrogen-bond acceptors (Lipinski definition) is 10. The Morgan fingerprint density at radius 1 is 1.12 bits per heavy atom. The van der Waals surface area contributed by atoms with Crippen LogP contribution in [0.4, 0.5) is 0 Å². The highest BCUT2D eigenvalue weighted by Crippen LogP contribution is 2.46. The maximum atomic E-state index is 13.6. The van der Waals surface area contributed by atoms with Crippen molar-refractivity contribution in [2.24, 2.45) is 10.9 Å². The van der Waals surface area contributed by atoms with Crippen LogP contribution in [0.15, 0.2) is 45.6 Å². The molecule has 1 aromatic carbocycles. The minimum absolute atomic E-state index is 0.0893. The van der Waals surface area contributed by atoms with Gasteiger partial charge in [-0.2, -0.15) is 0 Å². The molecule has 0 spiro atoms. The Labute approximate surface area is 245 Å². The lowest BCUT2D eigenvalue weighted by Crippen LogP contribution is -2.44. The van der Waals surface area contributed by atoms with Crippen molar-refractivity contribution in [1.82, 2.24) is 9.80 Å². The van der Waals surface area contributed by atoms with Gasteiger partial charge in [0, 0.05) is 18.8 Å². The maximum absolute atomic E-state index is 13.6. The Hall–Kier alpha value is -3.47. The number of benzene rings is 1. The van der Waals surface area contributed by atoms with E-state index in [1.807, 2.05) is 43.2 Å². The van der Waals surface area contributed by atoms with E-state index in [0.29, 0.717) is 59.8 Å². The third-order valence-corrected chi connectivity index (χ3v) is 7.96. The van der Waals surface area contributed by atoms with Crippen molar-refractivity contribution in [1.29, 1.82) is 0 Å². The number of methoxy groups -OCH3 is 2. The van der Waals surface area contributed by atoms with E-state index < -0.39 is 17.6 Å². The van der Waals surface area contributed by atoms with Gasteiger partial charge in [0.1, 0.15) is 5.60 Å². The molecule has 0 bridgehead atoms. The topological polar surface area (TPSA) is 107 Å². The Balaban J connectivity index is 1.67. The number of amidine groups is 1. The molecular weight excluding hydrogens is 546 g/mol. The van der Waals surface area contributed by atoms with E-state index in [9.17, 15) is 14.4 Å². The minimum Gasteiger partial charge on any atom is -0.493 e. The molecule has 222 valence electrons. The van der Waals surface area contributed by atoms with Gasteiger partial charge in [0.15, 0.2) is 16.7 Å². The van der Waals surface area contributed by atoms with Crippen molar-refractivity contribution in [3.8, 4) is 11.5 Å². The summed E-state index contributed by atoms with van der Waals surface area (Å²) in [5.74, 6) is -0.0833. The first-order valence-corrected chi connectivity index (χ1v) is 14.7. The Bertz CT molecular complexity index is 1300. The van der Waals surface area contributed by atoms with Gasteiger partial charge >= 0.3 is 11.9 Å². The van der Waals surface area contributed by atoms with Crippen LogP contribution in [0.1, 0.15) is 65.5 Å². The van der Waals surface area contributed by atoms with Crippen molar-refractivity contribution in [2.45, 2.75) is 65.5 Å². The molecule has 0 saturated carbocycles.